The van der Waals surface area contributed by atoms with Gasteiger partial charge in [0, 0.05) is 51.0 Å². The molecule has 1 aromatic carbocycles. The van der Waals surface area contributed by atoms with Crippen LogP contribution in [-0.2, 0) is 26.7 Å². The van der Waals surface area contributed by atoms with Crippen LogP contribution in [0.15, 0.2) is 29.3 Å². The molecule has 6 nitrogen and oxygen atoms in total. The minimum atomic E-state index is 0. The van der Waals surface area contributed by atoms with Crippen molar-refractivity contribution in [3.05, 3.63) is 52.3 Å². The summed E-state index contributed by atoms with van der Waals surface area (Å²) >= 11 is 0. The number of guanidine groups is 1. The molecule has 0 aliphatic heterocycles. The van der Waals surface area contributed by atoms with E-state index in [2.05, 4.69) is 77.7 Å². The van der Waals surface area contributed by atoms with Gasteiger partial charge in [-0.15, -0.1) is 24.0 Å². The molecule has 2 N–H and O–H groups in total. The van der Waals surface area contributed by atoms with Crippen molar-refractivity contribution >= 4 is 29.9 Å². The highest BCUT2D eigenvalue weighted by atomic mass is 127. The number of aliphatic imine (C=N–C) groups is 1. The third-order valence-electron chi connectivity index (χ3n) is 5.18. The fourth-order valence-electron chi connectivity index (χ4n) is 2.98. The molecule has 7 heteroatoms. The first kappa shape index (κ1) is 24.4. The fourth-order valence-corrected chi connectivity index (χ4v) is 2.98. The van der Waals surface area contributed by atoms with E-state index < -0.39 is 0 Å². The summed E-state index contributed by atoms with van der Waals surface area (Å²) in [6, 6.07) is 9.10. The number of aryl methyl sites for hydroxylation is 2. The number of nitrogens with one attached hydrogen (secondary N) is 2. The molecule has 28 heavy (non-hydrogen) atoms. The summed E-state index contributed by atoms with van der Waals surface area (Å²) in [6.45, 7) is 11.0. The third-order valence-corrected chi connectivity index (χ3v) is 5.18. The molecule has 0 aliphatic rings. The highest BCUT2D eigenvalue weighted by Gasteiger charge is 2.11. The Morgan fingerprint density at radius 3 is 2.29 bits per heavy atom. The van der Waals surface area contributed by atoms with Crippen LogP contribution in [0.25, 0.3) is 0 Å². The molecule has 1 aromatic heterocycles. The number of rotatable bonds is 7. The number of nitrogens with zero attached hydrogens (tertiary/aromatic N) is 4. The Labute approximate surface area is 186 Å². The predicted octanol–water partition coefficient (Wildman–Crippen LogP) is 3.36. The Hall–Kier alpha value is -1.61. The topological polar surface area (TPSA) is 57.5 Å². The number of hydrogen-bond donors (Lipinski definition) is 2. The second-order valence-corrected chi connectivity index (χ2v) is 7.33. The molecular formula is C21H35IN6. The highest BCUT2D eigenvalue weighted by Crippen LogP contribution is 2.13. The largest absolute Gasteiger partial charge is 0.352 e. The molecule has 2 rings (SSSR count). The van der Waals surface area contributed by atoms with Gasteiger partial charge < -0.3 is 10.6 Å². The zero-order valence-corrected chi connectivity index (χ0v) is 20.5. The molecule has 0 amide bonds. The van der Waals surface area contributed by atoms with Crippen molar-refractivity contribution < 1.29 is 0 Å². The van der Waals surface area contributed by atoms with Crippen LogP contribution in [0.2, 0.25) is 0 Å². The highest BCUT2D eigenvalue weighted by molar-refractivity contribution is 14.0. The van der Waals surface area contributed by atoms with Crippen LogP contribution < -0.4 is 10.6 Å². The molecule has 0 radical (unpaired) electrons. The van der Waals surface area contributed by atoms with Gasteiger partial charge in [0.15, 0.2) is 5.96 Å². The fraction of sp³-hybridized carbons (Fsp3) is 0.524. The summed E-state index contributed by atoms with van der Waals surface area (Å²) in [5, 5.41) is 11.3. The maximum Gasteiger partial charge on any atom is 0.191 e. The van der Waals surface area contributed by atoms with Crippen molar-refractivity contribution in [1.29, 1.82) is 0 Å². The van der Waals surface area contributed by atoms with Crippen molar-refractivity contribution in [3.63, 3.8) is 0 Å². The van der Waals surface area contributed by atoms with Crippen molar-refractivity contribution in [2.24, 2.45) is 12.0 Å². The second kappa shape index (κ2) is 11.4. The van der Waals surface area contributed by atoms with E-state index in [1.54, 1.807) is 7.05 Å². The number of benzene rings is 1. The van der Waals surface area contributed by atoms with Gasteiger partial charge in [0.1, 0.15) is 0 Å². The number of halogens is 1. The van der Waals surface area contributed by atoms with E-state index in [1.807, 2.05) is 18.7 Å². The van der Waals surface area contributed by atoms with Crippen LogP contribution in [-0.4, -0.2) is 40.8 Å². The van der Waals surface area contributed by atoms with Crippen molar-refractivity contribution in [1.82, 2.24) is 25.3 Å². The average Bonchev–Trinajstić information content (AvgIpc) is 2.88. The smallest absolute Gasteiger partial charge is 0.191 e. The molecule has 0 saturated carbocycles. The van der Waals surface area contributed by atoms with E-state index in [0.717, 1.165) is 24.7 Å². The van der Waals surface area contributed by atoms with Crippen molar-refractivity contribution in [3.8, 4) is 0 Å². The Kier molecular flexibility index (Phi) is 9.95. The van der Waals surface area contributed by atoms with E-state index in [-0.39, 0.29) is 24.0 Å². The Balaban J connectivity index is 0.00000392. The van der Waals surface area contributed by atoms with Crippen molar-refractivity contribution in [2.75, 3.05) is 14.1 Å². The van der Waals surface area contributed by atoms with Crippen LogP contribution in [0, 0.1) is 13.8 Å². The maximum absolute atomic E-state index is 4.47. The number of hydrogen-bond acceptors (Lipinski definition) is 3. The number of aromatic nitrogens is 2. The van der Waals surface area contributed by atoms with Crippen LogP contribution in [0.3, 0.4) is 0 Å². The molecule has 0 spiro atoms. The molecule has 0 atom stereocenters. The van der Waals surface area contributed by atoms with Crippen LogP contribution in [0.5, 0.6) is 0 Å². The van der Waals surface area contributed by atoms with E-state index in [1.165, 1.54) is 22.4 Å². The minimum Gasteiger partial charge on any atom is -0.352 e. The molecule has 0 fully saturated rings. The zero-order valence-electron chi connectivity index (χ0n) is 18.2. The lowest BCUT2D eigenvalue weighted by Crippen LogP contribution is -2.37. The van der Waals surface area contributed by atoms with Gasteiger partial charge in [0.05, 0.1) is 5.69 Å². The first-order valence-electron chi connectivity index (χ1n) is 9.54. The van der Waals surface area contributed by atoms with Crippen LogP contribution in [0.1, 0.15) is 41.9 Å². The lowest BCUT2D eigenvalue weighted by atomic mass is 10.1. The standard InChI is InChI=1S/C21H34N6.HI/c1-15(2)26(6)14-19-11-9-8-10-18(19)12-23-21(22-5)24-13-20-16(3)25-27(7)17(20)4;/h8-11,15H,12-14H2,1-7H3,(H2,22,23,24);1H. The van der Waals surface area contributed by atoms with E-state index in [0.29, 0.717) is 12.6 Å². The first-order valence-corrected chi connectivity index (χ1v) is 9.54. The van der Waals surface area contributed by atoms with E-state index >= 15 is 0 Å². The van der Waals surface area contributed by atoms with Crippen LogP contribution >= 0.6 is 24.0 Å². The van der Waals surface area contributed by atoms with Gasteiger partial charge in [-0.1, -0.05) is 24.3 Å². The first-order chi connectivity index (χ1) is 12.8. The molecule has 0 saturated heterocycles. The third kappa shape index (κ3) is 6.48. The molecule has 2 aromatic rings. The molecule has 156 valence electrons. The lowest BCUT2D eigenvalue weighted by molar-refractivity contribution is 0.265. The predicted molar refractivity (Wildman–Crippen MR) is 128 cm³/mol. The second-order valence-electron chi connectivity index (χ2n) is 7.33. The molecule has 0 unspecified atom stereocenters. The van der Waals surface area contributed by atoms with Crippen molar-refractivity contribution in [2.45, 2.75) is 53.4 Å². The Morgan fingerprint density at radius 2 is 1.75 bits per heavy atom. The SMILES string of the molecule is CN=C(NCc1ccccc1CN(C)C(C)C)NCc1c(C)nn(C)c1C.I. The Morgan fingerprint density at radius 1 is 1.14 bits per heavy atom. The summed E-state index contributed by atoms with van der Waals surface area (Å²) in [5.41, 5.74) is 6.09. The van der Waals surface area contributed by atoms with Gasteiger partial charge in [-0.3, -0.25) is 14.6 Å². The minimum absolute atomic E-state index is 0. The van der Waals surface area contributed by atoms with Gasteiger partial charge in [-0.05, 0) is 45.9 Å². The normalized spacial score (nSPS) is 11.7. The summed E-state index contributed by atoms with van der Waals surface area (Å²) in [7, 11) is 5.94. The summed E-state index contributed by atoms with van der Waals surface area (Å²) in [5.74, 6) is 0.796. The summed E-state index contributed by atoms with van der Waals surface area (Å²) < 4.78 is 1.92. The van der Waals surface area contributed by atoms with Gasteiger partial charge in [0.25, 0.3) is 0 Å². The summed E-state index contributed by atoms with van der Waals surface area (Å²) in [4.78, 5) is 6.71. The van der Waals surface area contributed by atoms with Crippen LogP contribution in [0.4, 0.5) is 0 Å². The van der Waals surface area contributed by atoms with E-state index in [9.17, 15) is 0 Å². The summed E-state index contributed by atoms with van der Waals surface area (Å²) in [6.07, 6.45) is 0. The lowest BCUT2D eigenvalue weighted by Gasteiger charge is -2.23. The molecular weight excluding hydrogens is 463 g/mol. The molecule has 0 aliphatic carbocycles. The zero-order chi connectivity index (χ0) is 20.0. The van der Waals surface area contributed by atoms with E-state index in [4.69, 9.17) is 0 Å². The average molecular weight is 498 g/mol. The van der Waals surface area contributed by atoms with Gasteiger partial charge in [-0.25, -0.2) is 0 Å². The quantitative estimate of drug-likeness (QED) is 0.349. The van der Waals surface area contributed by atoms with Gasteiger partial charge in [-0.2, -0.15) is 5.10 Å². The van der Waals surface area contributed by atoms with Gasteiger partial charge >= 0.3 is 0 Å². The monoisotopic (exact) mass is 498 g/mol. The molecule has 1 heterocycles. The Bertz CT molecular complexity index is 781. The molecule has 0 bridgehead atoms. The maximum atomic E-state index is 4.47. The van der Waals surface area contributed by atoms with Gasteiger partial charge in [0.2, 0.25) is 0 Å².